The lowest BCUT2D eigenvalue weighted by Gasteiger charge is -2.28. The maximum atomic E-state index is 13.3. The van der Waals surface area contributed by atoms with Gasteiger partial charge < -0.3 is 13.3 Å². The zero-order valence-electron chi connectivity index (χ0n) is 10.8. The fourth-order valence-corrected chi connectivity index (χ4v) is 4.20. The van der Waals surface area contributed by atoms with Crippen LogP contribution in [0.1, 0.15) is 20.8 Å². The summed E-state index contributed by atoms with van der Waals surface area (Å²) in [4.78, 5) is 0. The van der Waals surface area contributed by atoms with Gasteiger partial charge in [-0.2, -0.15) is 0 Å². The fraction of sp³-hybridized carbons (Fsp3) is 0.500. The quantitative estimate of drug-likeness (QED) is 0.715. The van der Waals surface area contributed by atoms with Gasteiger partial charge in [0.15, 0.2) is 0 Å². The van der Waals surface area contributed by atoms with Crippen LogP contribution in [0, 0.1) is 11.6 Å². The average molecular weight is 276 g/mol. The Hall–Kier alpha value is -0.823. The smallest absolute Gasteiger partial charge is 0.370 e. The number of halogens is 2. The van der Waals surface area contributed by atoms with E-state index >= 15 is 0 Å². The number of hydrogen-bond donors (Lipinski definition) is 0. The molecule has 6 heteroatoms. The molecular weight excluding hydrogens is 258 g/mol. The van der Waals surface area contributed by atoms with Crippen LogP contribution in [0.2, 0.25) is 0 Å². The summed E-state index contributed by atoms with van der Waals surface area (Å²) >= 11 is 0. The zero-order valence-corrected chi connectivity index (χ0v) is 11.8. The highest BCUT2D eigenvalue weighted by atomic mass is 28.4. The van der Waals surface area contributed by atoms with Crippen LogP contribution in [0.3, 0.4) is 0 Å². The Balaban J connectivity index is 3.20. The summed E-state index contributed by atoms with van der Waals surface area (Å²) < 4.78 is 43.3. The van der Waals surface area contributed by atoms with Gasteiger partial charge in [-0.25, -0.2) is 8.78 Å². The third kappa shape index (κ3) is 3.58. The molecule has 0 saturated heterocycles. The van der Waals surface area contributed by atoms with Crippen LogP contribution in [0.5, 0.6) is 0 Å². The molecule has 1 rings (SSSR count). The highest BCUT2D eigenvalue weighted by Crippen LogP contribution is 2.13. The molecule has 0 N–H and O–H groups in total. The van der Waals surface area contributed by atoms with Crippen molar-refractivity contribution in [2.24, 2.45) is 0 Å². The third-order valence-electron chi connectivity index (χ3n) is 2.22. The van der Waals surface area contributed by atoms with Gasteiger partial charge in [-0.1, -0.05) is 0 Å². The Morgan fingerprint density at radius 3 is 1.56 bits per heavy atom. The van der Waals surface area contributed by atoms with Gasteiger partial charge in [0, 0.05) is 31.1 Å². The van der Waals surface area contributed by atoms with Crippen LogP contribution in [-0.4, -0.2) is 28.6 Å². The van der Waals surface area contributed by atoms with Gasteiger partial charge in [0.05, 0.1) is 0 Å². The maximum absolute atomic E-state index is 13.3. The van der Waals surface area contributed by atoms with E-state index < -0.39 is 20.4 Å². The molecule has 0 atom stereocenters. The van der Waals surface area contributed by atoms with Crippen molar-refractivity contribution in [1.29, 1.82) is 0 Å². The summed E-state index contributed by atoms with van der Waals surface area (Å²) in [6, 6.07) is 3.22. The molecule has 0 aliphatic heterocycles. The molecule has 0 unspecified atom stereocenters. The van der Waals surface area contributed by atoms with Crippen LogP contribution in [-0.2, 0) is 13.3 Å². The van der Waals surface area contributed by atoms with Crippen LogP contribution in [0.15, 0.2) is 18.2 Å². The predicted octanol–water partition coefficient (Wildman–Crippen LogP) is 2.22. The van der Waals surface area contributed by atoms with Crippen molar-refractivity contribution < 1.29 is 22.1 Å². The molecular formula is C12H18F2O3Si. The number of rotatable bonds is 7. The lowest BCUT2D eigenvalue weighted by molar-refractivity contribution is 0.0857. The van der Waals surface area contributed by atoms with Gasteiger partial charge in [0.2, 0.25) is 0 Å². The molecule has 0 bridgehead atoms. The van der Waals surface area contributed by atoms with Gasteiger partial charge in [-0.05, 0) is 32.9 Å². The lowest BCUT2D eigenvalue weighted by atomic mass is 10.3. The van der Waals surface area contributed by atoms with E-state index in [1.54, 1.807) is 20.8 Å². The SMILES string of the molecule is CCO[Si](OCC)(OCC)c1cc(F)cc(F)c1. The Bertz CT molecular complexity index is 350. The molecule has 1 aromatic carbocycles. The van der Waals surface area contributed by atoms with Crippen molar-refractivity contribution in [3.8, 4) is 0 Å². The van der Waals surface area contributed by atoms with E-state index in [4.69, 9.17) is 13.3 Å². The monoisotopic (exact) mass is 276 g/mol. The zero-order chi connectivity index (χ0) is 13.6. The van der Waals surface area contributed by atoms with Crippen LogP contribution in [0.25, 0.3) is 0 Å². The lowest BCUT2D eigenvalue weighted by Crippen LogP contribution is -2.57. The second kappa shape index (κ2) is 6.94. The van der Waals surface area contributed by atoms with E-state index in [0.29, 0.717) is 25.0 Å². The largest absolute Gasteiger partial charge is 0.537 e. The van der Waals surface area contributed by atoms with Crippen molar-refractivity contribution in [3.05, 3.63) is 29.8 Å². The summed E-state index contributed by atoms with van der Waals surface area (Å²) in [6.07, 6.45) is 0. The van der Waals surface area contributed by atoms with Gasteiger partial charge >= 0.3 is 8.80 Å². The van der Waals surface area contributed by atoms with Gasteiger partial charge in [0.25, 0.3) is 0 Å². The summed E-state index contributed by atoms with van der Waals surface area (Å²) in [5.74, 6) is -1.33. The third-order valence-corrected chi connectivity index (χ3v) is 5.22. The van der Waals surface area contributed by atoms with Gasteiger partial charge in [-0.3, -0.25) is 0 Å². The van der Waals surface area contributed by atoms with E-state index in [-0.39, 0.29) is 0 Å². The molecule has 0 amide bonds. The van der Waals surface area contributed by atoms with E-state index in [1.165, 1.54) is 12.1 Å². The molecule has 0 fully saturated rings. The van der Waals surface area contributed by atoms with E-state index in [0.717, 1.165) is 6.07 Å². The van der Waals surface area contributed by atoms with Crippen molar-refractivity contribution >= 4 is 14.0 Å². The average Bonchev–Trinajstić information content (AvgIpc) is 2.28. The molecule has 0 saturated carbocycles. The Morgan fingerprint density at radius 2 is 1.22 bits per heavy atom. The molecule has 3 nitrogen and oxygen atoms in total. The summed E-state index contributed by atoms with van der Waals surface area (Å²) in [6.45, 7) is 6.42. The number of benzene rings is 1. The minimum absolute atomic E-state index is 0.311. The molecule has 0 heterocycles. The molecule has 0 spiro atoms. The normalized spacial score (nSPS) is 11.8. The minimum atomic E-state index is -3.21. The van der Waals surface area contributed by atoms with Crippen LogP contribution >= 0.6 is 0 Å². The topological polar surface area (TPSA) is 27.7 Å². The number of hydrogen-bond acceptors (Lipinski definition) is 3. The minimum Gasteiger partial charge on any atom is -0.370 e. The summed E-state index contributed by atoms with van der Waals surface area (Å²) in [5.41, 5.74) is 0. The van der Waals surface area contributed by atoms with Crippen molar-refractivity contribution in [2.75, 3.05) is 19.8 Å². The standard InChI is InChI=1S/C12H18F2O3Si/c1-4-15-18(16-5-2,17-6-3)12-8-10(13)7-11(14)9-12/h7-9H,4-6H2,1-3H3. The predicted molar refractivity (Wildman–Crippen MR) is 66.6 cm³/mol. The van der Waals surface area contributed by atoms with Crippen molar-refractivity contribution in [3.63, 3.8) is 0 Å². The van der Waals surface area contributed by atoms with E-state index in [2.05, 4.69) is 0 Å². The van der Waals surface area contributed by atoms with Gasteiger partial charge in [-0.15, -0.1) is 0 Å². The van der Waals surface area contributed by atoms with E-state index in [9.17, 15) is 8.78 Å². The molecule has 1 aromatic rings. The molecule has 0 aliphatic carbocycles. The van der Waals surface area contributed by atoms with Crippen LogP contribution < -0.4 is 5.19 Å². The first kappa shape index (κ1) is 15.2. The van der Waals surface area contributed by atoms with Gasteiger partial charge in [0.1, 0.15) is 11.6 Å². The molecule has 102 valence electrons. The van der Waals surface area contributed by atoms with E-state index in [1.807, 2.05) is 0 Å². The molecule has 18 heavy (non-hydrogen) atoms. The fourth-order valence-electron chi connectivity index (χ4n) is 1.68. The summed E-state index contributed by atoms with van der Waals surface area (Å²) in [5, 5.41) is 0.311. The Morgan fingerprint density at radius 1 is 0.833 bits per heavy atom. The van der Waals surface area contributed by atoms with Crippen molar-refractivity contribution in [1.82, 2.24) is 0 Å². The molecule has 0 radical (unpaired) electrons. The highest BCUT2D eigenvalue weighted by Gasteiger charge is 2.43. The highest BCUT2D eigenvalue weighted by molar-refractivity contribution is 6.75. The molecule has 0 aliphatic rings. The second-order valence-electron chi connectivity index (χ2n) is 3.51. The van der Waals surface area contributed by atoms with Crippen molar-refractivity contribution in [2.45, 2.75) is 20.8 Å². The maximum Gasteiger partial charge on any atom is 0.537 e. The summed E-state index contributed by atoms with van der Waals surface area (Å²) in [7, 11) is -3.21. The first-order chi connectivity index (χ1) is 8.57. The second-order valence-corrected chi connectivity index (χ2v) is 6.07. The molecule has 0 aromatic heterocycles. The Labute approximate surface area is 107 Å². The Kier molecular flexibility index (Phi) is 5.87. The first-order valence-electron chi connectivity index (χ1n) is 5.96. The first-order valence-corrected chi connectivity index (χ1v) is 7.68. The van der Waals surface area contributed by atoms with Crippen LogP contribution in [0.4, 0.5) is 8.78 Å².